The Bertz CT molecular complexity index is 1080. The van der Waals surface area contributed by atoms with E-state index in [0.29, 0.717) is 28.6 Å². The van der Waals surface area contributed by atoms with Crippen LogP contribution in [0, 0.1) is 0 Å². The second-order valence-corrected chi connectivity index (χ2v) is 8.05. The first-order valence-electron chi connectivity index (χ1n) is 9.94. The van der Waals surface area contributed by atoms with E-state index in [-0.39, 0.29) is 12.0 Å². The van der Waals surface area contributed by atoms with Gasteiger partial charge in [-0.25, -0.2) is 4.99 Å². The molecule has 1 unspecified atom stereocenters. The molecular formula is C24H23N3O3S. The molecule has 1 amide bonds. The molecule has 0 saturated heterocycles. The first-order chi connectivity index (χ1) is 15.1. The molecular weight excluding hydrogens is 410 g/mol. The highest BCUT2D eigenvalue weighted by atomic mass is 32.1. The molecule has 0 N–H and O–H groups in total. The van der Waals surface area contributed by atoms with Gasteiger partial charge in [0.05, 0.1) is 12.8 Å². The van der Waals surface area contributed by atoms with Gasteiger partial charge in [-0.15, -0.1) is 11.3 Å². The van der Waals surface area contributed by atoms with E-state index in [1.165, 1.54) is 16.2 Å². The number of thiophene rings is 1. The summed E-state index contributed by atoms with van der Waals surface area (Å²) >= 11 is 1.31. The van der Waals surface area contributed by atoms with E-state index in [1.807, 2.05) is 73.0 Å². The molecule has 7 heteroatoms. The van der Waals surface area contributed by atoms with Crippen LogP contribution >= 0.6 is 11.3 Å². The van der Waals surface area contributed by atoms with Crippen LogP contribution in [-0.2, 0) is 4.84 Å². The maximum atomic E-state index is 13.1. The van der Waals surface area contributed by atoms with Crippen molar-refractivity contribution in [2.45, 2.75) is 19.4 Å². The van der Waals surface area contributed by atoms with Gasteiger partial charge in [-0.05, 0) is 6.92 Å². The largest absolute Gasteiger partial charge is 0.493 e. The molecule has 6 nitrogen and oxygen atoms in total. The minimum Gasteiger partial charge on any atom is -0.493 e. The molecule has 1 aromatic heterocycles. The van der Waals surface area contributed by atoms with Gasteiger partial charge >= 0.3 is 0 Å². The summed E-state index contributed by atoms with van der Waals surface area (Å²) in [6.07, 6.45) is 0.558. The molecule has 0 radical (unpaired) electrons. The molecule has 1 aliphatic heterocycles. The molecule has 2 aromatic carbocycles. The second-order valence-electron chi connectivity index (χ2n) is 7.17. The number of methoxy groups -OCH3 is 1. The van der Waals surface area contributed by atoms with Crippen LogP contribution in [0.4, 0.5) is 5.69 Å². The number of amides is 1. The van der Waals surface area contributed by atoms with Crippen LogP contribution < -0.4 is 4.74 Å². The topological polar surface area (TPSA) is 63.5 Å². The highest BCUT2D eigenvalue weighted by molar-refractivity contribution is 7.13. The number of ether oxygens (including phenoxy) is 1. The molecule has 0 fully saturated rings. The summed E-state index contributed by atoms with van der Waals surface area (Å²) in [4.78, 5) is 25.3. The Morgan fingerprint density at radius 1 is 1.13 bits per heavy atom. The second kappa shape index (κ2) is 9.14. The molecule has 31 heavy (non-hydrogen) atoms. The zero-order valence-corrected chi connectivity index (χ0v) is 18.4. The van der Waals surface area contributed by atoms with Crippen molar-refractivity contribution in [2.75, 3.05) is 14.2 Å². The minimum atomic E-state index is -0.194. The van der Waals surface area contributed by atoms with Gasteiger partial charge in [0.15, 0.2) is 11.6 Å². The lowest BCUT2D eigenvalue weighted by Crippen LogP contribution is -2.32. The van der Waals surface area contributed by atoms with Crippen LogP contribution in [0.3, 0.4) is 0 Å². The number of carbonyl (C=O) groups excluding carboxylic acids is 1. The SMILES string of the molecule is COc1c(N=C(c2ccccc2)c2ccccc2)csc1C(=O)N(C)C1=NOC(C)C1. The summed E-state index contributed by atoms with van der Waals surface area (Å²) < 4.78 is 5.63. The lowest BCUT2D eigenvalue weighted by atomic mass is 10.0. The average Bonchev–Trinajstić information content (AvgIpc) is 3.43. The summed E-state index contributed by atoms with van der Waals surface area (Å²) in [5.41, 5.74) is 3.40. The highest BCUT2D eigenvalue weighted by Crippen LogP contribution is 2.39. The van der Waals surface area contributed by atoms with Crippen molar-refractivity contribution in [3.8, 4) is 5.75 Å². The van der Waals surface area contributed by atoms with Crippen LogP contribution in [0.25, 0.3) is 0 Å². The molecule has 0 bridgehead atoms. The molecule has 0 saturated carbocycles. The summed E-state index contributed by atoms with van der Waals surface area (Å²) in [5, 5.41) is 5.86. The molecule has 4 rings (SSSR count). The van der Waals surface area contributed by atoms with Crippen molar-refractivity contribution in [3.05, 3.63) is 82.0 Å². The molecule has 0 spiro atoms. The fraction of sp³-hybridized carbons (Fsp3) is 0.208. The van der Waals surface area contributed by atoms with E-state index < -0.39 is 0 Å². The monoisotopic (exact) mass is 433 g/mol. The van der Waals surface area contributed by atoms with Crippen molar-refractivity contribution in [3.63, 3.8) is 0 Å². The molecule has 0 aliphatic carbocycles. The number of rotatable bonds is 5. The quantitative estimate of drug-likeness (QED) is 0.525. The number of aliphatic imine (C=N–C) groups is 1. The molecule has 2 heterocycles. The zero-order chi connectivity index (χ0) is 21.8. The zero-order valence-electron chi connectivity index (χ0n) is 17.6. The van der Waals surface area contributed by atoms with Crippen molar-refractivity contribution < 1.29 is 14.4 Å². The van der Waals surface area contributed by atoms with Crippen molar-refractivity contribution in [1.82, 2.24) is 4.90 Å². The summed E-state index contributed by atoms with van der Waals surface area (Å²) in [7, 11) is 3.25. The first kappa shape index (κ1) is 20.8. The Morgan fingerprint density at radius 3 is 2.26 bits per heavy atom. The number of carbonyl (C=O) groups is 1. The normalized spacial score (nSPS) is 15.1. The van der Waals surface area contributed by atoms with Gasteiger partial charge in [0.1, 0.15) is 16.7 Å². The fourth-order valence-electron chi connectivity index (χ4n) is 3.32. The number of hydrogen-bond acceptors (Lipinski definition) is 6. The fourth-order valence-corrected chi connectivity index (χ4v) is 4.24. The van der Waals surface area contributed by atoms with E-state index >= 15 is 0 Å². The van der Waals surface area contributed by atoms with E-state index in [9.17, 15) is 4.79 Å². The third-order valence-corrected chi connectivity index (χ3v) is 5.89. The van der Waals surface area contributed by atoms with Gasteiger partial charge < -0.3 is 9.57 Å². The van der Waals surface area contributed by atoms with Crippen LogP contribution in [0.5, 0.6) is 5.75 Å². The van der Waals surface area contributed by atoms with Crippen LogP contribution in [-0.4, -0.2) is 42.6 Å². The Morgan fingerprint density at radius 2 is 1.74 bits per heavy atom. The van der Waals surface area contributed by atoms with Crippen molar-refractivity contribution >= 4 is 34.5 Å². The molecule has 158 valence electrons. The summed E-state index contributed by atoms with van der Waals surface area (Å²) in [5.74, 6) is 0.867. The van der Waals surface area contributed by atoms with Gasteiger partial charge in [-0.2, -0.15) is 0 Å². The Labute approximate surface area is 185 Å². The maximum absolute atomic E-state index is 13.1. The van der Waals surface area contributed by atoms with E-state index in [2.05, 4.69) is 5.16 Å². The number of oxime groups is 1. The van der Waals surface area contributed by atoms with E-state index in [1.54, 1.807) is 14.2 Å². The predicted octanol–water partition coefficient (Wildman–Crippen LogP) is 5.12. The average molecular weight is 434 g/mol. The number of amidine groups is 1. The van der Waals surface area contributed by atoms with Gasteiger partial charge in [0.2, 0.25) is 0 Å². The molecule has 1 atom stereocenters. The first-order valence-corrected chi connectivity index (χ1v) is 10.8. The van der Waals surface area contributed by atoms with Crippen molar-refractivity contribution in [2.24, 2.45) is 10.1 Å². The summed E-state index contributed by atoms with van der Waals surface area (Å²) in [6.45, 7) is 1.92. The van der Waals surface area contributed by atoms with Gasteiger partial charge in [-0.1, -0.05) is 65.8 Å². The highest BCUT2D eigenvalue weighted by Gasteiger charge is 2.28. The lowest BCUT2D eigenvalue weighted by Gasteiger charge is -2.15. The maximum Gasteiger partial charge on any atom is 0.272 e. The minimum absolute atomic E-state index is 0.0325. The third kappa shape index (κ3) is 4.36. The smallest absolute Gasteiger partial charge is 0.272 e. The Hall–Kier alpha value is -3.45. The van der Waals surface area contributed by atoms with Crippen LogP contribution in [0.1, 0.15) is 34.1 Å². The number of hydrogen-bond donors (Lipinski definition) is 0. The third-order valence-electron chi connectivity index (χ3n) is 4.95. The van der Waals surface area contributed by atoms with Crippen LogP contribution in [0.15, 0.2) is 76.2 Å². The number of benzene rings is 2. The summed E-state index contributed by atoms with van der Waals surface area (Å²) in [6, 6.07) is 19.9. The molecule has 1 aliphatic rings. The van der Waals surface area contributed by atoms with Gasteiger partial charge in [0, 0.05) is 30.0 Å². The van der Waals surface area contributed by atoms with Crippen molar-refractivity contribution in [1.29, 1.82) is 0 Å². The predicted molar refractivity (Wildman–Crippen MR) is 124 cm³/mol. The lowest BCUT2D eigenvalue weighted by molar-refractivity contribution is 0.0866. The van der Waals surface area contributed by atoms with Crippen LogP contribution in [0.2, 0.25) is 0 Å². The molecule has 3 aromatic rings. The van der Waals surface area contributed by atoms with E-state index in [4.69, 9.17) is 14.6 Å². The van der Waals surface area contributed by atoms with Gasteiger partial charge in [0.25, 0.3) is 5.91 Å². The number of nitrogens with zero attached hydrogens (tertiary/aromatic N) is 3. The Kier molecular flexibility index (Phi) is 6.13. The Balaban J connectivity index is 1.73. The standard InChI is InChI=1S/C24H23N3O3S/c1-16-14-20(26-30-16)27(2)24(28)23-22(29-3)19(15-31-23)25-21(17-10-6-4-7-11-17)18-12-8-5-9-13-18/h4-13,15-16H,14H2,1-3H3. The van der Waals surface area contributed by atoms with E-state index in [0.717, 1.165) is 16.8 Å². The van der Waals surface area contributed by atoms with Gasteiger partial charge in [-0.3, -0.25) is 9.69 Å².